The summed E-state index contributed by atoms with van der Waals surface area (Å²) < 4.78 is 20.1. The number of hydrogen-bond acceptors (Lipinski definition) is 3. The van der Waals surface area contributed by atoms with Gasteiger partial charge in [-0.2, -0.15) is 0 Å². The molecule has 5 heteroatoms. The minimum atomic E-state index is -0.325. The first-order chi connectivity index (χ1) is 12.1. The minimum absolute atomic E-state index is 0.157. The maximum Gasteiger partial charge on any atom is 0.263 e. The standard InChI is InChI=1S/C20H17FN2O2/c1-3-25-14(2)18-13-22-19-12-16(9-10-23(19)20(18)24)8-7-15-5-4-6-17(21)11-15/h4-6,9-14H,3H2,1-2H3. The van der Waals surface area contributed by atoms with Crippen molar-refractivity contribution in [1.29, 1.82) is 0 Å². The van der Waals surface area contributed by atoms with Crippen LogP contribution >= 0.6 is 0 Å². The average molecular weight is 336 g/mol. The zero-order valence-corrected chi connectivity index (χ0v) is 14.0. The third-order valence-electron chi connectivity index (χ3n) is 3.77. The van der Waals surface area contributed by atoms with Gasteiger partial charge >= 0.3 is 0 Å². The first kappa shape index (κ1) is 16.9. The van der Waals surface area contributed by atoms with Crippen molar-refractivity contribution in [2.75, 3.05) is 6.61 Å². The van der Waals surface area contributed by atoms with E-state index in [1.165, 1.54) is 16.5 Å². The van der Waals surface area contributed by atoms with Crippen molar-refractivity contribution in [3.63, 3.8) is 0 Å². The van der Waals surface area contributed by atoms with Crippen LogP contribution in [0.15, 0.2) is 53.6 Å². The third kappa shape index (κ3) is 3.76. The van der Waals surface area contributed by atoms with Gasteiger partial charge in [0.05, 0.1) is 11.7 Å². The summed E-state index contributed by atoms with van der Waals surface area (Å²) in [6.45, 7) is 4.23. The molecule has 0 bridgehead atoms. The Kier molecular flexibility index (Phi) is 4.92. The summed E-state index contributed by atoms with van der Waals surface area (Å²) in [6.07, 6.45) is 2.87. The van der Waals surface area contributed by atoms with E-state index in [0.717, 1.165) is 0 Å². The van der Waals surface area contributed by atoms with Gasteiger partial charge in [0.25, 0.3) is 5.56 Å². The van der Waals surface area contributed by atoms with Crippen LogP contribution in [-0.2, 0) is 4.74 Å². The van der Waals surface area contributed by atoms with Crippen LogP contribution in [0.4, 0.5) is 4.39 Å². The van der Waals surface area contributed by atoms with Gasteiger partial charge in [0, 0.05) is 30.1 Å². The Hall–Kier alpha value is -2.97. The summed E-state index contributed by atoms with van der Waals surface area (Å²) in [5.41, 5.74) is 2.14. The molecule has 3 rings (SSSR count). The van der Waals surface area contributed by atoms with Crippen molar-refractivity contribution in [2.45, 2.75) is 20.0 Å². The second-order valence-electron chi connectivity index (χ2n) is 5.52. The van der Waals surface area contributed by atoms with Crippen LogP contribution in [0.1, 0.15) is 36.6 Å². The van der Waals surface area contributed by atoms with Crippen molar-refractivity contribution < 1.29 is 9.13 Å². The molecule has 3 aromatic rings. The number of pyridine rings is 1. The molecule has 25 heavy (non-hydrogen) atoms. The third-order valence-corrected chi connectivity index (χ3v) is 3.77. The Labute approximate surface area is 144 Å². The monoisotopic (exact) mass is 336 g/mol. The minimum Gasteiger partial charge on any atom is -0.374 e. The lowest BCUT2D eigenvalue weighted by Gasteiger charge is -2.11. The zero-order valence-electron chi connectivity index (χ0n) is 14.0. The van der Waals surface area contributed by atoms with Crippen molar-refractivity contribution in [3.8, 4) is 11.8 Å². The molecule has 0 aliphatic carbocycles. The molecule has 0 spiro atoms. The van der Waals surface area contributed by atoms with Gasteiger partial charge in [0.1, 0.15) is 11.5 Å². The Morgan fingerprint density at radius 3 is 2.72 bits per heavy atom. The SMILES string of the molecule is CCOC(C)c1cnc2cc(C#Cc3cccc(F)c3)ccn2c1=O. The smallest absolute Gasteiger partial charge is 0.263 e. The number of rotatable bonds is 3. The number of ether oxygens (including phenoxy) is 1. The second kappa shape index (κ2) is 7.29. The predicted molar refractivity (Wildman–Crippen MR) is 93.9 cm³/mol. The maximum atomic E-state index is 13.2. The highest BCUT2D eigenvalue weighted by Gasteiger charge is 2.12. The summed E-state index contributed by atoms with van der Waals surface area (Å²) in [4.78, 5) is 16.9. The largest absolute Gasteiger partial charge is 0.374 e. The second-order valence-corrected chi connectivity index (χ2v) is 5.52. The lowest BCUT2D eigenvalue weighted by Crippen LogP contribution is -2.22. The molecule has 1 aromatic carbocycles. The van der Waals surface area contributed by atoms with Gasteiger partial charge in [0.15, 0.2) is 0 Å². The molecule has 0 aliphatic heterocycles. The molecule has 4 nitrogen and oxygen atoms in total. The van der Waals surface area contributed by atoms with E-state index in [1.807, 2.05) is 13.8 Å². The molecule has 126 valence electrons. The van der Waals surface area contributed by atoms with Gasteiger partial charge in [-0.25, -0.2) is 9.37 Å². The van der Waals surface area contributed by atoms with E-state index in [-0.39, 0.29) is 17.5 Å². The Morgan fingerprint density at radius 2 is 2.00 bits per heavy atom. The van der Waals surface area contributed by atoms with Crippen LogP contribution in [0.5, 0.6) is 0 Å². The molecule has 0 N–H and O–H groups in total. The van der Waals surface area contributed by atoms with Gasteiger partial charge in [0.2, 0.25) is 0 Å². The Morgan fingerprint density at radius 1 is 1.24 bits per heavy atom. The summed E-state index contributed by atoms with van der Waals surface area (Å²) in [5, 5.41) is 0. The summed E-state index contributed by atoms with van der Waals surface area (Å²) >= 11 is 0. The molecule has 2 heterocycles. The van der Waals surface area contributed by atoms with E-state index in [2.05, 4.69) is 16.8 Å². The molecule has 2 aromatic heterocycles. The van der Waals surface area contributed by atoms with Crippen LogP contribution in [0.25, 0.3) is 5.65 Å². The van der Waals surface area contributed by atoms with E-state index >= 15 is 0 Å². The number of fused-ring (bicyclic) bond motifs is 1. The number of benzene rings is 1. The molecule has 0 saturated carbocycles. The molecular formula is C20H17FN2O2. The van der Waals surface area contributed by atoms with Gasteiger partial charge in [-0.1, -0.05) is 17.9 Å². The average Bonchev–Trinajstić information content (AvgIpc) is 2.60. The fourth-order valence-electron chi connectivity index (χ4n) is 2.50. The van der Waals surface area contributed by atoms with Gasteiger partial charge < -0.3 is 4.74 Å². The number of nitrogens with zero attached hydrogens (tertiary/aromatic N) is 2. The number of aromatic nitrogens is 2. The normalized spacial score (nSPS) is 11.8. The zero-order chi connectivity index (χ0) is 17.8. The number of halogens is 1. The topological polar surface area (TPSA) is 43.6 Å². The fraction of sp³-hybridized carbons (Fsp3) is 0.200. The Balaban J connectivity index is 1.96. The predicted octanol–water partition coefficient (Wildman–Crippen LogP) is 3.33. The van der Waals surface area contributed by atoms with Crippen LogP contribution < -0.4 is 5.56 Å². The van der Waals surface area contributed by atoms with Crippen molar-refractivity contribution in [2.24, 2.45) is 0 Å². The molecule has 0 saturated heterocycles. The first-order valence-corrected chi connectivity index (χ1v) is 7.99. The van der Waals surface area contributed by atoms with Crippen LogP contribution in [-0.4, -0.2) is 16.0 Å². The number of hydrogen-bond donors (Lipinski definition) is 0. The van der Waals surface area contributed by atoms with Crippen molar-refractivity contribution in [1.82, 2.24) is 9.38 Å². The maximum absolute atomic E-state index is 13.2. The van der Waals surface area contributed by atoms with Gasteiger partial charge in [-0.3, -0.25) is 9.20 Å². The highest BCUT2D eigenvalue weighted by atomic mass is 19.1. The van der Waals surface area contributed by atoms with E-state index in [9.17, 15) is 9.18 Å². The molecule has 0 fully saturated rings. The van der Waals surface area contributed by atoms with Crippen LogP contribution in [0.2, 0.25) is 0 Å². The van der Waals surface area contributed by atoms with Crippen LogP contribution in [0.3, 0.4) is 0 Å². The molecule has 0 radical (unpaired) electrons. The highest BCUT2D eigenvalue weighted by Crippen LogP contribution is 2.12. The lowest BCUT2D eigenvalue weighted by molar-refractivity contribution is 0.0751. The molecule has 1 unspecified atom stereocenters. The van der Waals surface area contributed by atoms with Gasteiger partial charge in [-0.05, 0) is 44.2 Å². The van der Waals surface area contributed by atoms with E-state index in [0.29, 0.717) is 28.9 Å². The van der Waals surface area contributed by atoms with Crippen molar-refractivity contribution >= 4 is 5.65 Å². The van der Waals surface area contributed by atoms with E-state index < -0.39 is 0 Å². The fourth-order valence-corrected chi connectivity index (χ4v) is 2.50. The summed E-state index contributed by atoms with van der Waals surface area (Å²) in [7, 11) is 0. The van der Waals surface area contributed by atoms with Crippen LogP contribution in [0, 0.1) is 17.7 Å². The molecular weight excluding hydrogens is 319 g/mol. The lowest BCUT2D eigenvalue weighted by atomic mass is 10.2. The molecule has 0 aliphatic rings. The quantitative estimate of drug-likeness (QED) is 0.689. The molecule has 0 amide bonds. The highest BCUT2D eigenvalue weighted by molar-refractivity contribution is 5.50. The summed E-state index contributed by atoms with van der Waals surface area (Å²) in [5.74, 6) is 5.54. The molecule has 1 atom stereocenters. The van der Waals surface area contributed by atoms with Crippen molar-refractivity contribution in [3.05, 3.63) is 81.7 Å². The van der Waals surface area contributed by atoms with Gasteiger partial charge in [-0.15, -0.1) is 0 Å². The Bertz CT molecular complexity index is 1030. The first-order valence-electron chi connectivity index (χ1n) is 7.99. The summed E-state index contributed by atoms with van der Waals surface area (Å²) in [6, 6.07) is 9.56. The van der Waals surface area contributed by atoms with E-state index in [4.69, 9.17) is 4.74 Å². The van der Waals surface area contributed by atoms with E-state index in [1.54, 1.807) is 36.7 Å².